The molecule has 1 aliphatic heterocycles. The fraction of sp³-hybridized carbons (Fsp3) is 0.400. The SMILES string of the molecule is Cc1cc2c(c(C)c1C)OCO2. The third-order valence-corrected chi connectivity index (χ3v) is 2.48. The van der Waals surface area contributed by atoms with Crippen LogP contribution in [0.25, 0.3) is 0 Å². The van der Waals surface area contributed by atoms with Gasteiger partial charge in [-0.25, -0.2) is 0 Å². The number of hydrogen-bond acceptors (Lipinski definition) is 2. The summed E-state index contributed by atoms with van der Waals surface area (Å²) >= 11 is 0. The molecule has 0 aliphatic carbocycles. The minimum Gasteiger partial charge on any atom is -0.454 e. The molecule has 0 saturated carbocycles. The second-order valence-corrected chi connectivity index (χ2v) is 3.18. The normalized spacial score (nSPS) is 13.6. The van der Waals surface area contributed by atoms with Crippen molar-refractivity contribution in [3.63, 3.8) is 0 Å². The van der Waals surface area contributed by atoms with Crippen LogP contribution < -0.4 is 9.47 Å². The average molecular weight is 164 g/mol. The van der Waals surface area contributed by atoms with Crippen LogP contribution in [0.4, 0.5) is 0 Å². The van der Waals surface area contributed by atoms with Gasteiger partial charge in [0.2, 0.25) is 6.79 Å². The Morgan fingerprint density at radius 3 is 2.58 bits per heavy atom. The Labute approximate surface area is 72.1 Å². The molecule has 2 heteroatoms. The zero-order valence-corrected chi connectivity index (χ0v) is 7.60. The van der Waals surface area contributed by atoms with E-state index in [0.29, 0.717) is 6.79 Å². The van der Waals surface area contributed by atoms with E-state index in [0.717, 1.165) is 11.5 Å². The number of hydrogen-bond donors (Lipinski definition) is 0. The van der Waals surface area contributed by atoms with Gasteiger partial charge in [0, 0.05) is 0 Å². The summed E-state index contributed by atoms with van der Waals surface area (Å²) in [5, 5.41) is 0. The van der Waals surface area contributed by atoms with Crippen LogP contribution in [-0.2, 0) is 0 Å². The van der Waals surface area contributed by atoms with E-state index < -0.39 is 0 Å². The maximum Gasteiger partial charge on any atom is 0.231 e. The van der Waals surface area contributed by atoms with Crippen LogP contribution in [0.3, 0.4) is 0 Å². The standard InChI is InChI=1S/C10H12O2/c1-6-4-9-10(12-5-11-9)8(3)7(6)2/h4H,5H2,1-3H3. The molecule has 0 amide bonds. The maximum atomic E-state index is 5.34. The van der Waals surface area contributed by atoms with Gasteiger partial charge < -0.3 is 9.47 Å². The predicted molar refractivity (Wildman–Crippen MR) is 46.8 cm³/mol. The summed E-state index contributed by atoms with van der Waals surface area (Å²) in [6.07, 6.45) is 0. The molecule has 0 fully saturated rings. The minimum absolute atomic E-state index is 0.360. The Bertz CT molecular complexity index is 329. The fourth-order valence-electron chi connectivity index (χ4n) is 1.46. The molecule has 0 atom stereocenters. The van der Waals surface area contributed by atoms with Gasteiger partial charge in [-0.15, -0.1) is 0 Å². The molecule has 0 saturated heterocycles. The molecule has 64 valence electrons. The molecule has 0 N–H and O–H groups in total. The van der Waals surface area contributed by atoms with Crippen molar-refractivity contribution in [1.29, 1.82) is 0 Å². The lowest BCUT2D eigenvalue weighted by Crippen LogP contribution is -1.93. The third-order valence-electron chi connectivity index (χ3n) is 2.48. The molecule has 0 radical (unpaired) electrons. The molecule has 2 nitrogen and oxygen atoms in total. The van der Waals surface area contributed by atoms with Gasteiger partial charge in [-0.2, -0.15) is 0 Å². The zero-order valence-electron chi connectivity index (χ0n) is 7.60. The van der Waals surface area contributed by atoms with Crippen LogP contribution in [0.15, 0.2) is 6.07 Å². The first-order valence-electron chi connectivity index (χ1n) is 4.06. The Morgan fingerprint density at radius 2 is 1.83 bits per heavy atom. The quantitative estimate of drug-likeness (QED) is 0.586. The Kier molecular flexibility index (Phi) is 1.50. The molecule has 2 rings (SSSR count). The lowest BCUT2D eigenvalue weighted by atomic mass is 10.0. The van der Waals surface area contributed by atoms with Gasteiger partial charge in [-0.05, 0) is 43.5 Å². The van der Waals surface area contributed by atoms with Gasteiger partial charge in [0.25, 0.3) is 0 Å². The van der Waals surface area contributed by atoms with Crippen molar-refractivity contribution in [2.45, 2.75) is 20.8 Å². The van der Waals surface area contributed by atoms with Crippen molar-refractivity contribution in [3.05, 3.63) is 22.8 Å². The first-order chi connectivity index (χ1) is 5.70. The van der Waals surface area contributed by atoms with Gasteiger partial charge in [-0.1, -0.05) is 0 Å². The largest absolute Gasteiger partial charge is 0.454 e. The van der Waals surface area contributed by atoms with Gasteiger partial charge in [-0.3, -0.25) is 0 Å². The van der Waals surface area contributed by atoms with Gasteiger partial charge in [0.15, 0.2) is 11.5 Å². The monoisotopic (exact) mass is 164 g/mol. The van der Waals surface area contributed by atoms with Crippen molar-refractivity contribution in [2.75, 3.05) is 6.79 Å². The van der Waals surface area contributed by atoms with E-state index in [9.17, 15) is 0 Å². The predicted octanol–water partition coefficient (Wildman–Crippen LogP) is 2.34. The highest BCUT2D eigenvalue weighted by Crippen LogP contribution is 2.38. The number of rotatable bonds is 0. The summed E-state index contributed by atoms with van der Waals surface area (Å²) in [6.45, 7) is 6.62. The van der Waals surface area contributed by atoms with Crippen LogP contribution in [0, 0.1) is 20.8 Å². The first kappa shape index (κ1) is 7.47. The summed E-state index contributed by atoms with van der Waals surface area (Å²) in [4.78, 5) is 0. The summed E-state index contributed by atoms with van der Waals surface area (Å²) in [5.74, 6) is 1.80. The van der Waals surface area contributed by atoms with Crippen LogP contribution in [-0.4, -0.2) is 6.79 Å². The van der Waals surface area contributed by atoms with E-state index >= 15 is 0 Å². The summed E-state index contributed by atoms with van der Waals surface area (Å²) in [7, 11) is 0. The zero-order chi connectivity index (χ0) is 8.72. The molecule has 1 aromatic carbocycles. The Balaban J connectivity index is 2.67. The topological polar surface area (TPSA) is 18.5 Å². The van der Waals surface area contributed by atoms with E-state index in [4.69, 9.17) is 9.47 Å². The molecule has 12 heavy (non-hydrogen) atoms. The number of benzene rings is 1. The summed E-state index contributed by atoms with van der Waals surface area (Å²) in [5.41, 5.74) is 3.75. The van der Waals surface area contributed by atoms with E-state index in [2.05, 4.69) is 20.8 Å². The highest BCUT2D eigenvalue weighted by molar-refractivity contribution is 5.54. The number of aryl methyl sites for hydroxylation is 1. The molecule has 1 heterocycles. The molecule has 1 aliphatic rings. The van der Waals surface area contributed by atoms with Gasteiger partial charge >= 0.3 is 0 Å². The van der Waals surface area contributed by atoms with Gasteiger partial charge in [0.05, 0.1) is 0 Å². The minimum atomic E-state index is 0.360. The fourth-order valence-corrected chi connectivity index (χ4v) is 1.46. The van der Waals surface area contributed by atoms with E-state index in [-0.39, 0.29) is 0 Å². The molecular weight excluding hydrogens is 152 g/mol. The second kappa shape index (κ2) is 2.41. The van der Waals surface area contributed by atoms with Crippen molar-refractivity contribution < 1.29 is 9.47 Å². The van der Waals surface area contributed by atoms with Crippen molar-refractivity contribution >= 4 is 0 Å². The molecule has 0 spiro atoms. The number of fused-ring (bicyclic) bond motifs is 1. The van der Waals surface area contributed by atoms with Crippen molar-refractivity contribution in [1.82, 2.24) is 0 Å². The Hall–Kier alpha value is -1.18. The Morgan fingerprint density at radius 1 is 1.08 bits per heavy atom. The summed E-state index contributed by atoms with van der Waals surface area (Å²) < 4.78 is 10.6. The lowest BCUT2D eigenvalue weighted by molar-refractivity contribution is 0.173. The van der Waals surface area contributed by atoms with Crippen LogP contribution >= 0.6 is 0 Å². The second-order valence-electron chi connectivity index (χ2n) is 3.18. The molecule has 0 bridgehead atoms. The first-order valence-corrected chi connectivity index (χ1v) is 4.06. The van der Waals surface area contributed by atoms with Crippen molar-refractivity contribution in [3.8, 4) is 11.5 Å². The molecule has 1 aromatic rings. The maximum absolute atomic E-state index is 5.34. The highest BCUT2D eigenvalue weighted by atomic mass is 16.7. The highest BCUT2D eigenvalue weighted by Gasteiger charge is 2.18. The van der Waals surface area contributed by atoms with E-state index in [1.807, 2.05) is 6.07 Å². The van der Waals surface area contributed by atoms with E-state index in [1.165, 1.54) is 16.7 Å². The van der Waals surface area contributed by atoms with Gasteiger partial charge in [0.1, 0.15) is 0 Å². The van der Waals surface area contributed by atoms with Crippen LogP contribution in [0.2, 0.25) is 0 Å². The molecular formula is C10H12O2. The van der Waals surface area contributed by atoms with E-state index in [1.54, 1.807) is 0 Å². The molecule has 0 aromatic heterocycles. The smallest absolute Gasteiger partial charge is 0.231 e. The summed E-state index contributed by atoms with van der Waals surface area (Å²) in [6, 6.07) is 2.03. The van der Waals surface area contributed by atoms with Crippen molar-refractivity contribution in [2.24, 2.45) is 0 Å². The third kappa shape index (κ3) is 0.876. The van der Waals surface area contributed by atoms with Crippen LogP contribution in [0.1, 0.15) is 16.7 Å². The molecule has 0 unspecified atom stereocenters. The number of ether oxygens (including phenoxy) is 2. The average Bonchev–Trinajstić information content (AvgIpc) is 2.48. The van der Waals surface area contributed by atoms with Crippen LogP contribution in [0.5, 0.6) is 11.5 Å². The lowest BCUT2D eigenvalue weighted by Gasteiger charge is -2.07.